The summed E-state index contributed by atoms with van der Waals surface area (Å²) in [5.41, 5.74) is -1.84. The lowest BCUT2D eigenvalue weighted by atomic mass is 10.1. The van der Waals surface area contributed by atoms with Gasteiger partial charge < -0.3 is 4.57 Å². The Hall–Kier alpha value is -2.27. The molecule has 0 saturated carbocycles. The number of alkyl halides is 3. The van der Waals surface area contributed by atoms with Crippen molar-refractivity contribution in [3.63, 3.8) is 0 Å². The minimum atomic E-state index is -4.63. The fourth-order valence-electron chi connectivity index (χ4n) is 1.78. The van der Waals surface area contributed by atoms with E-state index in [1.54, 1.807) is 6.92 Å². The standard InChI is InChI=1S/C14H10F3N3OS/c1-2-20-6-5-19-12(13(20)21)22-10-4-3-9(8-18)11(7-10)14(15,16)17/h3-7H,2H2,1H3. The van der Waals surface area contributed by atoms with Crippen molar-refractivity contribution in [3.8, 4) is 6.07 Å². The number of hydrogen-bond acceptors (Lipinski definition) is 4. The third kappa shape index (κ3) is 3.31. The lowest BCUT2D eigenvalue weighted by Gasteiger charge is -2.10. The number of halogens is 3. The topological polar surface area (TPSA) is 58.7 Å². The molecule has 1 aromatic carbocycles. The highest BCUT2D eigenvalue weighted by Gasteiger charge is 2.34. The van der Waals surface area contributed by atoms with Gasteiger partial charge in [0.15, 0.2) is 5.03 Å². The van der Waals surface area contributed by atoms with Gasteiger partial charge in [0.05, 0.1) is 17.2 Å². The number of nitrogens with zero attached hydrogens (tertiary/aromatic N) is 3. The zero-order valence-corrected chi connectivity index (χ0v) is 12.2. The van der Waals surface area contributed by atoms with E-state index in [1.807, 2.05) is 0 Å². The highest BCUT2D eigenvalue weighted by Crippen LogP contribution is 2.35. The summed E-state index contributed by atoms with van der Waals surface area (Å²) in [6.07, 6.45) is -1.71. The normalized spacial score (nSPS) is 11.2. The van der Waals surface area contributed by atoms with Gasteiger partial charge in [-0.25, -0.2) is 4.98 Å². The molecule has 0 radical (unpaired) electrons. The number of hydrogen-bond donors (Lipinski definition) is 0. The van der Waals surface area contributed by atoms with Gasteiger partial charge in [0, 0.05) is 23.8 Å². The van der Waals surface area contributed by atoms with Crippen LogP contribution in [0.3, 0.4) is 0 Å². The van der Waals surface area contributed by atoms with Gasteiger partial charge in [0.2, 0.25) is 0 Å². The lowest BCUT2D eigenvalue weighted by molar-refractivity contribution is -0.137. The van der Waals surface area contributed by atoms with Gasteiger partial charge in [0.1, 0.15) is 0 Å². The predicted octanol–water partition coefficient (Wildman–Crippen LogP) is 3.30. The fourth-order valence-corrected chi connectivity index (χ4v) is 2.63. The molecule has 22 heavy (non-hydrogen) atoms. The summed E-state index contributed by atoms with van der Waals surface area (Å²) in [5, 5.41) is 8.84. The highest BCUT2D eigenvalue weighted by molar-refractivity contribution is 7.99. The Morgan fingerprint density at radius 3 is 2.73 bits per heavy atom. The second kappa shape index (κ2) is 6.23. The van der Waals surface area contributed by atoms with E-state index >= 15 is 0 Å². The first-order valence-corrected chi connectivity index (χ1v) is 7.03. The van der Waals surface area contributed by atoms with Gasteiger partial charge in [-0.1, -0.05) is 11.8 Å². The van der Waals surface area contributed by atoms with Gasteiger partial charge in [-0.15, -0.1) is 0 Å². The van der Waals surface area contributed by atoms with E-state index in [0.717, 1.165) is 23.9 Å². The molecule has 0 amide bonds. The van der Waals surface area contributed by atoms with Crippen LogP contribution in [0, 0.1) is 11.3 Å². The summed E-state index contributed by atoms with van der Waals surface area (Å²) >= 11 is 0.839. The molecule has 0 fully saturated rings. The first-order valence-electron chi connectivity index (χ1n) is 6.21. The van der Waals surface area contributed by atoms with Crippen molar-refractivity contribution in [2.24, 2.45) is 0 Å². The Morgan fingerprint density at radius 1 is 1.41 bits per heavy atom. The van der Waals surface area contributed by atoms with E-state index < -0.39 is 17.3 Å². The van der Waals surface area contributed by atoms with Crippen LogP contribution in [0.25, 0.3) is 0 Å². The molecule has 1 heterocycles. The van der Waals surface area contributed by atoms with Crippen LogP contribution in [0.2, 0.25) is 0 Å². The van der Waals surface area contributed by atoms with Crippen molar-refractivity contribution < 1.29 is 13.2 Å². The molecular formula is C14H10F3N3OS. The molecule has 1 aromatic heterocycles. The van der Waals surface area contributed by atoms with Gasteiger partial charge in [-0.05, 0) is 25.1 Å². The predicted molar refractivity (Wildman–Crippen MR) is 74.5 cm³/mol. The van der Waals surface area contributed by atoms with Crippen LogP contribution >= 0.6 is 11.8 Å². The molecule has 8 heteroatoms. The third-order valence-corrected chi connectivity index (χ3v) is 3.82. The second-order valence-corrected chi connectivity index (χ2v) is 5.30. The maximum Gasteiger partial charge on any atom is 0.417 e. The number of aromatic nitrogens is 2. The van der Waals surface area contributed by atoms with E-state index in [2.05, 4.69) is 4.98 Å². The van der Waals surface area contributed by atoms with Crippen LogP contribution in [0.15, 0.2) is 45.3 Å². The fraction of sp³-hybridized carbons (Fsp3) is 0.214. The average Bonchev–Trinajstić information content (AvgIpc) is 2.48. The van der Waals surface area contributed by atoms with Gasteiger partial charge in [-0.2, -0.15) is 18.4 Å². The maximum atomic E-state index is 12.9. The number of benzene rings is 1. The van der Waals surface area contributed by atoms with Crippen molar-refractivity contribution in [1.82, 2.24) is 9.55 Å². The molecule has 0 atom stereocenters. The molecule has 0 saturated heterocycles. The van der Waals surface area contributed by atoms with Crippen molar-refractivity contribution in [1.29, 1.82) is 5.26 Å². The third-order valence-electron chi connectivity index (χ3n) is 2.85. The monoisotopic (exact) mass is 325 g/mol. The largest absolute Gasteiger partial charge is 0.417 e. The van der Waals surface area contributed by atoms with E-state index in [0.29, 0.717) is 6.54 Å². The molecule has 0 aliphatic heterocycles. The average molecular weight is 325 g/mol. The van der Waals surface area contributed by atoms with Crippen molar-refractivity contribution in [2.75, 3.05) is 0 Å². The maximum absolute atomic E-state index is 12.9. The van der Waals surface area contributed by atoms with Crippen LogP contribution in [0.5, 0.6) is 0 Å². The summed E-state index contributed by atoms with van der Waals surface area (Å²) in [6.45, 7) is 2.22. The molecule has 0 aliphatic carbocycles. The minimum absolute atomic E-state index is 0.0854. The molecule has 0 unspecified atom stereocenters. The molecule has 0 bridgehead atoms. The second-order valence-electron chi connectivity index (χ2n) is 4.24. The Kier molecular flexibility index (Phi) is 4.56. The number of nitriles is 1. The Bertz CT molecular complexity index is 793. The van der Waals surface area contributed by atoms with Gasteiger partial charge in [0.25, 0.3) is 5.56 Å². The Labute approximate surface area is 128 Å². The summed E-state index contributed by atoms with van der Waals surface area (Å²) in [4.78, 5) is 16.1. The van der Waals surface area contributed by atoms with Crippen molar-refractivity contribution >= 4 is 11.8 Å². The zero-order chi connectivity index (χ0) is 16.3. The quantitative estimate of drug-likeness (QED) is 0.869. The Balaban J connectivity index is 2.44. The Morgan fingerprint density at radius 2 is 2.14 bits per heavy atom. The smallest absolute Gasteiger partial charge is 0.312 e. The first-order chi connectivity index (χ1) is 10.4. The van der Waals surface area contributed by atoms with Crippen LogP contribution in [-0.4, -0.2) is 9.55 Å². The number of aryl methyl sites for hydroxylation is 1. The van der Waals surface area contributed by atoms with E-state index in [4.69, 9.17) is 5.26 Å². The first kappa shape index (κ1) is 16.1. The van der Waals surface area contributed by atoms with E-state index in [1.165, 1.54) is 29.1 Å². The highest BCUT2D eigenvalue weighted by atomic mass is 32.2. The minimum Gasteiger partial charge on any atom is -0.312 e. The van der Waals surface area contributed by atoms with Crippen LogP contribution in [0.4, 0.5) is 13.2 Å². The SMILES string of the molecule is CCn1ccnc(Sc2ccc(C#N)c(C(F)(F)F)c2)c1=O. The van der Waals surface area contributed by atoms with Gasteiger partial charge >= 0.3 is 6.18 Å². The van der Waals surface area contributed by atoms with Crippen LogP contribution < -0.4 is 5.56 Å². The zero-order valence-electron chi connectivity index (χ0n) is 11.4. The number of rotatable bonds is 3. The molecule has 0 aliphatic rings. The van der Waals surface area contributed by atoms with E-state index in [9.17, 15) is 18.0 Å². The van der Waals surface area contributed by atoms with Crippen LogP contribution in [-0.2, 0) is 12.7 Å². The molecule has 2 rings (SSSR count). The molecule has 114 valence electrons. The van der Waals surface area contributed by atoms with Crippen molar-refractivity contribution in [2.45, 2.75) is 29.6 Å². The lowest BCUT2D eigenvalue weighted by Crippen LogP contribution is -2.20. The van der Waals surface area contributed by atoms with Crippen molar-refractivity contribution in [3.05, 3.63) is 52.1 Å². The summed E-state index contributed by atoms with van der Waals surface area (Å²) in [7, 11) is 0. The molecule has 0 spiro atoms. The molecule has 2 aromatic rings. The summed E-state index contributed by atoms with van der Waals surface area (Å²) in [6, 6.07) is 4.82. The molecular weight excluding hydrogens is 315 g/mol. The van der Waals surface area contributed by atoms with Gasteiger partial charge in [-0.3, -0.25) is 4.79 Å². The van der Waals surface area contributed by atoms with E-state index in [-0.39, 0.29) is 15.5 Å². The molecule has 4 nitrogen and oxygen atoms in total. The van der Waals surface area contributed by atoms with Crippen LogP contribution in [0.1, 0.15) is 18.1 Å². The summed E-state index contributed by atoms with van der Waals surface area (Å²) < 4.78 is 40.1. The molecule has 0 N–H and O–H groups in total. The summed E-state index contributed by atoms with van der Waals surface area (Å²) in [5.74, 6) is 0.